The molecule has 0 bridgehead atoms. The van der Waals surface area contributed by atoms with Crippen LogP contribution in [0.3, 0.4) is 0 Å². The third-order valence-electron chi connectivity index (χ3n) is 8.48. The van der Waals surface area contributed by atoms with Gasteiger partial charge in [0.25, 0.3) is 0 Å². The molecule has 2 atom stereocenters. The Morgan fingerprint density at radius 3 is 0.946 bits per heavy atom. The second-order valence-corrected chi connectivity index (χ2v) is 22.9. The maximum atomic E-state index is 7.13. The standard InChI is InChI=1S/C32H70O2SSi2/c1-9-15-21-27-36(28-22-16-10-2,33-25-19-13-5)31(7)35-32(8)37(29-23-17-11-3,30-24-18-12-4)34-26-20-14-6/h31-32H,9-30H2,1-8H3. The maximum Gasteiger partial charge on any atom is 0.205 e. The molecule has 0 saturated heterocycles. The molecule has 0 rings (SSSR count). The number of unbranched alkanes of at least 4 members (excludes halogenated alkanes) is 10. The molecular weight excluding hydrogens is 505 g/mol. The van der Waals surface area contributed by atoms with Gasteiger partial charge >= 0.3 is 0 Å². The van der Waals surface area contributed by atoms with Crippen LogP contribution in [0.15, 0.2) is 0 Å². The average molecular weight is 575 g/mol. The highest BCUT2D eigenvalue weighted by Gasteiger charge is 2.46. The Balaban J connectivity index is 5.97. The van der Waals surface area contributed by atoms with E-state index in [1.807, 2.05) is 0 Å². The normalized spacial score (nSPS) is 14.3. The minimum Gasteiger partial charge on any atom is -0.416 e. The Kier molecular flexibility index (Phi) is 25.0. The van der Waals surface area contributed by atoms with Crippen molar-refractivity contribution in [1.82, 2.24) is 0 Å². The molecule has 0 N–H and O–H groups in total. The lowest BCUT2D eigenvalue weighted by molar-refractivity contribution is 0.285. The topological polar surface area (TPSA) is 18.5 Å². The molecular formula is C32H70O2SSi2. The largest absolute Gasteiger partial charge is 0.416 e. The van der Waals surface area contributed by atoms with Crippen LogP contribution in [-0.4, -0.2) is 39.6 Å². The third kappa shape index (κ3) is 15.9. The van der Waals surface area contributed by atoms with Crippen LogP contribution in [0.25, 0.3) is 0 Å². The smallest absolute Gasteiger partial charge is 0.205 e. The van der Waals surface area contributed by atoms with Gasteiger partial charge in [0.2, 0.25) is 16.6 Å². The molecule has 0 aliphatic rings. The zero-order valence-electron chi connectivity index (χ0n) is 26.9. The van der Waals surface area contributed by atoms with Gasteiger partial charge in [-0.1, -0.05) is 145 Å². The zero-order chi connectivity index (χ0) is 27.8. The molecule has 2 unspecified atom stereocenters. The molecule has 0 fully saturated rings. The monoisotopic (exact) mass is 574 g/mol. The third-order valence-corrected chi connectivity index (χ3v) is 22.0. The van der Waals surface area contributed by atoms with Crippen molar-refractivity contribution >= 4 is 28.4 Å². The van der Waals surface area contributed by atoms with Crippen LogP contribution >= 0.6 is 11.8 Å². The Morgan fingerprint density at radius 1 is 0.432 bits per heavy atom. The lowest BCUT2D eigenvalue weighted by Crippen LogP contribution is -2.53. The summed E-state index contributed by atoms with van der Waals surface area (Å²) in [5.41, 5.74) is 0. The van der Waals surface area contributed by atoms with Gasteiger partial charge in [0.05, 0.1) is 0 Å². The van der Waals surface area contributed by atoms with E-state index in [4.69, 9.17) is 8.85 Å². The molecule has 5 heteroatoms. The summed E-state index contributed by atoms with van der Waals surface area (Å²) in [6.45, 7) is 21.1. The van der Waals surface area contributed by atoms with Crippen molar-refractivity contribution in [3.8, 4) is 0 Å². The SMILES string of the molecule is CCCCC[Si](CCCCC)(OCCCC)C(C)SC(C)[Si](CCCCC)(CCCCC)OCCCC. The fourth-order valence-electron chi connectivity index (χ4n) is 5.68. The number of hydrogen-bond acceptors (Lipinski definition) is 3. The van der Waals surface area contributed by atoms with E-state index < -0.39 is 16.6 Å². The lowest BCUT2D eigenvalue weighted by Gasteiger charge is -2.42. The summed E-state index contributed by atoms with van der Waals surface area (Å²) in [4.78, 5) is 1.32. The highest BCUT2D eigenvalue weighted by atomic mass is 32.2. The zero-order valence-corrected chi connectivity index (χ0v) is 29.8. The van der Waals surface area contributed by atoms with E-state index in [1.165, 1.54) is 127 Å². The summed E-state index contributed by atoms with van der Waals surface area (Å²) in [6, 6.07) is 5.47. The summed E-state index contributed by atoms with van der Waals surface area (Å²) in [5, 5.41) is 0. The number of rotatable bonds is 28. The predicted octanol–water partition coefficient (Wildman–Crippen LogP) is 11.9. The highest BCUT2D eigenvalue weighted by Crippen LogP contribution is 2.41. The Morgan fingerprint density at radius 2 is 0.703 bits per heavy atom. The van der Waals surface area contributed by atoms with Crippen LogP contribution in [0.2, 0.25) is 24.2 Å². The van der Waals surface area contributed by atoms with E-state index in [1.54, 1.807) is 0 Å². The summed E-state index contributed by atoms with van der Waals surface area (Å²) < 4.78 is 14.3. The molecule has 0 aliphatic heterocycles. The van der Waals surface area contributed by atoms with Gasteiger partial charge in [0, 0.05) is 23.0 Å². The van der Waals surface area contributed by atoms with Gasteiger partial charge in [-0.15, -0.1) is 0 Å². The van der Waals surface area contributed by atoms with E-state index in [0.717, 1.165) is 13.2 Å². The molecule has 37 heavy (non-hydrogen) atoms. The fraction of sp³-hybridized carbons (Fsp3) is 1.00. The van der Waals surface area contributed by atoms with Gasteiger partial charge in [-0.05, 0) is 37.0 Å². The average Bonchev–Trinajstić information content (AvgIpc) is 2.88. The van der Waals surface area contributed by atoms with Crippen molar-refractivity contribution in [2.45, 2.75) is 192 Å². The van der Waals surface area contributed by atoms with Gasteiger partial charge in [0.1, 0.15) is 0 Å². The first kappa shape index (κ1) is 37.7. The van der Waals surface area contributed by atoms with Crippen molar-refractivity contribution in [1.29, 1.82) is 0 Å². The van der Waals surface area contributed by atoms with Crippen LogP contribution in [0.4, 0.5) is 0 Å². The second kappa shape index (κ2) is 24.5. The molecule has 0 aliphatic carbocycles. The van der Waals surface area contributed by atoms with E-state index in [9.17, 15) is 0 Å². The van der Waals surface area contributed by atoms with Gasteiger partial charge in [0.15, 0.2) is 0 Å². The van der Waals surface area contributed by atoms with E-state index in [-0.39, 0.29) is 0 Å². The highest BCUT2D eigenvalue weighted by molar-refractivity contribution is 8.03. The van der Waals surface area contributed by atoms with Crippen LogP contribution in [0.1, 0.15) is 158 Å². The molecule has 0 spiro atoms. The van der Waals surface area contributed by atoms with Gasteiger partial charge in [-0.3, -0.25) is 0 Å². The minimum atomic E-state index is -1.84. The van der Waals surface area contributed by atoms with Crippen molar-refractivity contribution in [2.24, 2.45) is 0 Å². The molecule has 0 heterocycles. The van der Waals surface area contributed by atoms with Crippen molar-refractivity contribution in [3.05, 3.63) is 0 Å². The van der Waals surface area contributed by atoms with Crippen LogP contribution < -0.4 is 0 Å². The quantitative estimate of drug-likeness (QED) is 0.0683. The molecule has 2 nitrogen and oxygen atoms in total. The first-order chi connectivity index (χ1) is 17.9. The Hall–Kier alpha value is 0.704. The van der Waals surface area contributed by atoms with E-state index in [2.05, 4.69) is 67.2 Å². The molecule has 0 radical (unpaired) electrons. The van der Waals surface area contributed by atoms with Crippen LogP contribution in [-0.2, 0) is 8.85 Å². The van der Waals surface area contributed by atoms with E-state index in [0.29, 0.717) is 9.75 Å². The molecule has 0 aromatic heterocycles. The van der Waals surface area contributed by atoms with E-state index >= 15 is 0 Å². The number of thioether (sulfide) groups is 1. The summed E-state index contributed by atoms with van der Waals surface area (Å²) >= 11 is 2.34. The lowest BCUT2D eigenvalue weighted by atomic mass is 10.3. The van der Waals surface area contributed by atoms with Crippen LogP contribution in [0.5, 0.6) is 0 Å². The fourth-order valence-corrected chi connectivity index (χ4v) is 19.4. The first-order valence-electron chi connectivity index (χ1n) is 16.8. The second-order valence-electron chi connectivity index (χ2n) is 11.8. The van der Waals surface area contributed by atoms with Gasteiger partial charge in [-0.2, -0.15) is 11.8 Å². The Bertz CT molecular complexity index is 396. The van der Waals surface area contributed by atoms with Crippen molar-refractivity contribution in [2.75, 3.05) is 13.2 Å². The van der Waals surface area contributed by atoms with Crippen molar-refractivity contribution < 1.29 is 8.85 Å². The van der Waals surface area contributed by atoms with Crippen LogP contribution in [0, 0.1) is 0 Å². The molecule has 0 aromatic rings. The van der Waals surface area contributed by atoms with Gasteiger partial charge in [-0.25, -0.2) is 0 Å². The maximum absolute atomic E-state index is 7.13. The molecule has 0 aromatic carbocycles. The first-order valence-corrected chi connectivity index (χ1v) is 22.6. The molecule has 224 valence electrons. The molecule has 0 amide bonds. The summed E-state index contributed by atoms with van der Waals surface area (Å²) in [5.74, 6) is 0. The minimum absolute atomic E-state index is 0.659. The number of hydrogen-bond donors (Lipinski definition) is 0. The predicted molar refractivity (Wildman–Crippen MR) is 177 cm³/mol. The summed E-state index contributed by atoms with van der Waals surface area (Å²) in [7, 11) is -3.67. The van der Waals surface area contributed by atoms with Gasteiger partial charge < -0.3 is 8.85 Å². The van der Waals surface area contributed by atoms with Crippen molar-refractivity contribution in [3.63, 3.8) is 0 Å². The Labute approximate surface area is 241 Å². The summed E-state index contributed by atoms with van der Waals surface area (Å²) in [6.07, 6.45) is 21.0. The molecule has 0 saturated carbocycles.